The Morgan fingerprint density at radius 1 is 1.17 bits per heavy atom. The number of aryl methyl sites for hydroxylation is 1. The monoisotopic (exact) mass is 163 g/mol. The summed E-state index contributed by atoms with van der Waals surface area (Å²) in [5.41, 5.74) is 1.30. The van der Waals surface area contributed by atoms with Crippen LogP contribution in [0.1, 0.15) is 12.0 Å². The van der Waals surface area contributed by atoms with Crippen molar-refractivity contribution in [3.63, 3.8) is 0 Å². The van der Waals surface area contributed by atoms with Gasteiger partial charge in [-0.25, -0.2) is 5.26 Å². The van der Waals surface area contributed by atoms with Crippen LogP contribution in [0.3, 0.4) is 0 Å². The van der Waals surface area contributed by atoms with Crippen LogP contribution in [0, 0.1) is 11.8 Å². The van der Waals surface area contributed by atoms with E-state index in [0.717, 1.165) is 12.8 Å². The first-order chi connectivity index (χ1) is 5.93. The third-order valence-corrected chi connectivity index (χ3v) is 1.47. The molecular weight excluding hydrogens is 150 g/mol. The number of hydrogen-bond donors (Lipinski definition) is 1. The quantitative estimate of drug-likeness (QED) is 0.737. The second-order valence-corrected chi connectivity index (χ2v) is 2.31. The van der Waals surface area contributed by atoms with Crippen LogP contribution in [-0.4, -0.2) is 11.7 Å². The van der Waals surface area contributed by atoms with E-state index in [2.05, 4.69) is 18.7 Å². The fourth-order valence-electron chi connectivity index (χ4n) is 0.928. The Labute approximate surface area is 73.1 Å². The van der Waals surface area contributed by atoms with Gasteiger partial charge in [0.05, 0.1) is 0 Å². The Morgan fingerprint density at radius 2 is 1.75 bits per heavy atom. The molecule has 0 bridgehead atoms. The Hall–Kier alpha value is -1.33. The molecule has 1 rings (SSSR count). The molecular formula is C10H13NO. The number of nitrogens with zero attached hydrogens (tertiary/aromatic N) is 1. The largest absolute Gasteiger partial charge is 0.396 e. The lowest BCUT2D eigenvalue weighted by molar-refractivity contribution is 0.288. The van der Waals surface area contributed by atoms with E-state index >= 15 is 0 Å². The SMILES string of the molecule is C#N.OCCCc1ccccc1. The van der Waals surface area contributed by atoms with E-state index in [4.69, 9.17) is 10.4 Å². The Bertz CT molecular complexity index is 206. The summed E-state index contributed by atoms with van der Waals surface area (Å²) in [6, 6.07) is 10.2. The molecule has 0 fully saturated rings. The molecule has 0 heterocycles. The highest BCUT2D eigenvalue weighted by Gasteiger charge is 1.87. The molecule has 0 aromatic heterocycles. The van der Waals surface area contributed by atoms with Gasteiger partial charge in [0.2, 0.25) is 0 Å². The summed E-state index contributed by atoms with van der Waals surface area (Å²) in [7, 11) is 0. The molecule has 1 aromatic carbocycles. The van der Waals surface area contributed by atoms with Gasteiger partial charge in [0.15, 0.2) is 0 Å². The highest BCUT2D eigenvalue weighted by Crippen LogP contribution is 2.00. The molecule has 0 amide bonds. The van der Waals surface area contributed by atoms with Gasteiger partial charge in [-0.2, -0.15) is 0 Å². The van der Waals surface area contributed by atoms with Crippen LogP contribution in [0.25, 0.3) is 0 Å². The molecule has 0 aliphatic rings. The molecule has 2 nitrogen and oxygen atoms in total. The van der Waals surface area contributed by atoms with Gasteiger partial charge in [0.25, 0.3) is 0 Å². The second-order valence-electron chi connectivity index (χ2n) is 2.31. The highest BCUT2D eigenvalue weighted by atomic mass is 16.2. The summed E-state index contributed by atoms with van der Waals surface area (Å²) < 4.78 is 0. The maximum absolute atomic E-state index is 8.53. The predicted octanol–water partition coefficient (Wildman–Crippen LogP) is 1.75. The highest BCUT2D eigenvalue weighted by molar-refractivity contribution is 5.14. The first-order valence-corrected chi connectivity index (χ1v) is 3.84. The Balaban J connectivity index is 0.000000561. The van der Waals surface area contributed by atoms with E-state index in [9.17, 15) is 0 Å². The molecule has 0 unspecified atom stereocenters. The van der Waals surface area contributed by atoms with Crippen molar-refractivity contribution < 1.29 is 5.11 Å². The minimum Gasteiger partial charge on any atom is -0.396 e. The maximum Gasteiger partial charge on any atom is 0.0462 e. The molecule has 0 saturated heterocycles. The molecule has 2 heteroatoms. The molecule has 12 heavy (non-hydrogen) atoms. The average molecular weight is 163 g/mol. The van der Waals surface area contributed by atoms with Crippen LogP contribution in [0.5, 0.6) is 0 Å². The minimum atomic E-state index is 0.287. The van der Waals surface area contributed by atoms with Crippen molar-refractivity contribution in [2.45, 2.75) is 12.8 Å². The van der Waals surface area contributed by atoms with Gasteiger partial charge >= 0.3 is 0 Å². The summed E-state index contributed by atoms with van der Waals surface area (Å²) in [4.78, 5) is 0. The zero-order valence-electron chi connectivity index (χ0n) is 6.98. The van der Waals surface area contributed by atoms with E-state index in [-0.39, 0.29) is 6.61 Å². The van der Waals surface area contributed by atoms with Crippen LogP contribution in [0.2, 0.25) is 0 Å². The van der Waals surface area contributed by atoms with Crippen molar-refractivity contribution in [3.05, 3.63) is 35.9 Å². The van der Waals surface area contributed by atoms with Gasteiger partial charge in [-0.1, -0.05) is 30.3 Å². The van der Waals surface area contributed by atoms with Crippen LogP contribution in [-0.2, 0) is 6.42 Å². The normalized spacial score (nSPS) is 8.25. The van der Waals surface area contributed by atoms with Crippen molar-refractivity contribution in [1.82, 2.24) is 0 Å². The average Bonchev–Trinajstić information content (AvgIpc) is 2.19. The van der Waals surface area contributed by atoms with Gasteiger partial charge in [0, 0.05) is 13.2 Å². The standard InChI is InChI=1S/C9H12O.CHN/c10-8-4-7-9-5-2-1-3-6-9;1-2/h1-3,5-6,10H,4,7-8H2;1H. The number of nitriles is 1. The fourth-order valence-corrected chi connectivity index (χ4v) is 0.928. The number of aliphatic hydroxyl groups is 1. The van der Waals surface area contributed by atoms with E-state index in [1.54, 1.807) is 0 Å². The van der Waals surface area contributed by atoms with Gasteiger partial charge in [-0.05, 0) is 18.4 Å². The summed E-state index contributed by atoms with van der Waals surface area (Å²) in [5.74, 6) is 0. The van der Waals surface area contributed by atoms with Gasteiger partial charge < -0.3 is 5.11 Å². The van der Waals surface area contributed by atoms with Crippen LogP contribution in [0.15, 0.2) is 30.3 Å². The van der Waals surface area contributed by atoms with E-state index in [1.165, 1.54) is 5.56 Å². The molecule has 1 aromatic rings. The molecule has 0 saturated carbocycles. The maximum atomic E-state index is 8.53. The summed E-state index contributed by atoms with van der Waals surface area (Å²) in [6.45, 7) is 3.79. The van der Waals surface area contributed by atoms with Crippen molar-refractivity contribution in [2.75, 3.05) is 6.61 Å². The number of rotatable bonds is 3. The van der Waals surface area contributed by atoms with Crippen LogP contribution in [0.4, 0.5) is 0 Å². The lowest BCUT2D eigenvalue weighted by Crippen LogP contribution is -1.87. The number of benzene rings is 1. The molecule has 0 spiro atoms. The smallest absolute Gasteiger partial charge is 0.0462 e. The zero-order chi connectivity index (χ0) is 9.23. The third kappa shape index (κ3) is 4.48. The van der Waals surface area contributed by atoms with Crippen molar-refractivity contribution in [2.24, 2.45) is 0 Å². The predicted molar refractivity (Wildman–Crippen MR) is 48.5 cm³/mol. The fraction of sp³-hybridized carbons (Fsp3) is 0.300. The van der Waals surface area contributed by atoms with Gasteiger partial charge in [-0.3, -0.25) is 0 Å². The van der Waals surface area contributed by atoms with Crippen molar-refractivity contribution >= 4 is 0 Å². The van der Waals surface area contributed by atoms with Crippen molar-refractivity contribution in [1.29, 1.82) is 5.26 Å². The zero-order valence-corrected chi connectivity index (χ0v) is 6.98. The Morgan fingerprint density at radius 3 is 2.25 bits per heavy atom. The van der Waals surface area contributed by atoms with E-state index in [0.29, 0.717) is 0 Å². The summed E-state index contributed by atoms with van der Waals surface area (Å²) >= 11 is 0. The topological polar surface area (TPSA) is 44.0 Å². The molecule has 0 atom stereocenters. The number of aliphatic hydroxyl groups excluding tert-OH is 1. The number of hydrogen-bond acceptors (Lipinski definition) is 2. The lowest BCUT2D eigenvalue weighted by atomic mass is 10.1. The summed E-state index contributed by atoms with van der Waals surface area (Å²) in [5, 5.41) is 15.0. The first-order valence-electron chi connectivity index (χ1n) is 3.84. The van der Waals surface area contributed by atoms with Crippen LogP contribution < -0.4 is 0 Å². The molecule has 0 radical (unpaired) electrons. The minimum absolute atomic E-state index is 0.287. The van der Waals surface area contributed by atoms with Crippen molar-refractivity contribution in [3.8, 4) is 6.57 Å². The first kappa shape index (κ1) is 10.7. The Kier molecular flexibility index (Phi) is 6.91. The molecule has 0 aliphatic carbocycles. The van der Waals surface area contributed by atoms with Gasteiger partial charge in [-0.15, -0.1) is 0 Å². The van der Waals surface area contributed by atoms with Gasteiger partial charge in [0.1, 0.15) is 0 Å². The summed E-state index contributed by atoms with van der Waals surface area (Å²) in [6.07, 6.45) is 1.85. The van der Waals surface area contributed by atoms with E-state index < -0.39 is 0 Å². The lowest BCUT2D eigenvalue weighted by Gasteiger charge is -1.96. The second kappa shape index (κ2) is 7.77. The molecule has 64 valence electrons. The third-order valence-electron chi connectivity index (χ3n) is 1.47. The van der Waals surface area contributed by atoms with Crippen LogP contribution >= 0.6 is 0 Å². The molecule has 0 aliphatic heterocycles. The molecule has 1 N–H and O–H groups in total. The van der Waals surface area contributed by atoms with E-state index in [1.807, 2.05) is 18.2 Å².